The maximum absolute atomic E-state index is 5.91. The molecule has 0 unspecified atom stereocenters. The molecule has 0 aliphatic carbocycles. The molecule has 0 aliphatic heterocycles. The van der Waals surface area contributed by atoms with E-state index in [4.69, 9.17) is 11.6 Å². The van der Waals surface area contributed by atoms with Crippen molar-refractivity contribution in [3.05, 3.63) is 22.6 Å². The number of nitrogens with zero attached hydrogens (tertiary/aromatic N) is 4. The first-order valence-electron chi connectivity index (χ1n) is 7.48. The van der Waals surface area contributed by atoms with Crippen molar-refractivity contribution in [2.24, 2.45) is 0 Å². The Hall–Kier alpha value is -0.650. The average Bonchev–Trinajstić information content (AvgIpc) is 2.81. The minimum absolute atomic E-state index is 0.584. The summed E-state index contributed by atoms with van der Waals surface area (Å²) in [7, 11) is 0. The fraction of sp³-hybridized carbons (Fsp3) is 0.600. The van der Waals surface area contributed by atoms with E-state index in [1.165, 1.54) is 0 Å². The Morgan fingerprint density at radius 2 is 2.10 bits per heavy atom. The highest BCUT2D eigenvalue weighted by Gasteiger charge is 2.12. The molecule has 0 aromatic carbocycles. The summed E-state index contributed by atoms with van der Waals surface area (Å²) in [4.78, 5) is 11.6. The van der Waals surface area contributed by atoms with Crippen LogP contribution in [-0.2, 0) is 13.0 Å². The molecule has 21 heavy (non-hydrogen) atoms. The lowest BCUT2D eigenvalue weighted by atomic mass is 10.3. The highest BCUT2D eigenvalue weighted by molar-refractivity contribution is 9.10. The van der Waals surface area contributed by atoms with Crippen molar-refractivity contribution in [2.75, 3.05) is 25.5 Å². The van der Waals surface area contributed by atoms with E-state index in [0.29, 0.717) is 5.88 Å². The highest BCUT2D eigenvalue weighted by Crippen LogP contribution is 2.19. The standard InChI is InChI=1S/C15H22BrClN4/c1-3-20(4-2)8-5-9-21-14(6-7-17)19-13-10-12(16)11-18-15(13)21/h10-11H,3-9H2,1-2H3. The SMILES string of the molecule is CCN(CC)CCCn1c(CCCl)nc2cc(Br)cnc21. The molecule has 0 spiro atoms. The third-order valence-electron chi connectivity index (χ3n) is 3.70. The predicted molar refractivity (Wildman–Crippen MR) is 92.1 cm³/mol. The molecular weight excluding hydrogens is 352 g/mol. The number of hydrogen-bond donors (Lipinski definition) is 0. The molecule has 116 valence electrons. The second kappa shape index (κ2) is 8.11. The third kappa shape index (κ3) is 4.18. The summed E-state index contributed by atoms with van der Waals surface area (Å²) in [5, 5.41) is 0. The number of aromatic nitrogens is 3. The van der Waals surface area contributed by atoms with Gasteiger partial charge in [0, 0.05) is 29.5 Å². The molecule has 0 aliphatic rings. The van der Waals surface area contributed by atoms with Gasteiger partial charge in [-0.05, 0) is 48.1 Å². The lowest BCUT2D eigenvalue weighted by molar-refractivity contribution is 0.293. The Kier molecular flexibility index (Phi) is 6.45. The van der Waals surface area contributed by atoms with Crippen LogP contribution in [0.1, 0.15) is 26.1 Å². The van der Waals surface area contributed by atoms with E-state index < -0.39 is 0 Å². The third-order valence-corrected chi connectivity index (χ3v) is 4.32. The maximum atomic E-state index is 5.91. The Labute approximate surface area is 139 Å². The van der Waals surface area contributed by atoms with Gasteiger partial charge < -0.3 is 9.47 Å². The van der Waals surface area contributed by atoms with Gasteiger partial charge in [-0.25, -0.2) is 9.97 Å². The van der Waals surface area contributed by atoms with E-state index in [1.54, 1.807) is 0 Å². The van der Waals surface area contributed by atoms with Gasteiger partial charge in [0.25, 0.3) is 0 Å². The van der Waals surface area contributed by atoms with Gasteiger partial charge in [0.05, 0.1) is 0 Å². The molecular formula is C15H22BrClN4. The van der Waals surface area contributed by atoms with Crippen molar-refractivity contribution in [2.45, 2.75) is 33.2 Å². The summed E-state index contributed by atoms with van der Waals surface area (Å²) < 4.78 is 3.17. The maximum Gasteiger partial charge on any atom is 0.160 e. The molecule has 6 heteroatoms. The number of alkyl halides is 1. The lowest BCUT2D eigenvalue weighted by Gasteiger charge is -2.18. The number of hydrogen-bond acceptors (Lipinski definition) is 3. The zero-order valence-electron chi connectivity index (χ0n) is 12.6. The first kappa shape index (κ1) is 16.7. The Bertz CT molecular complexity index is 580. The summed E-state index contributed by atoms with van der Waals surface area (Å²) in [6, 6.07) is 2.01. The van der Waals surface area contributed by atoms with Crippen LogP contribution in [-0.4, -0.2) is 44.9 Å². The van der Waals surface area contributed by atoms with Gasteiger partial charge in [0.15, 0.2) is 5.65 Å². The van der Waals surface area contributed by atoms with Crippen LogP contribution in [0.25, 0.3) is 11.2 Å². The van der Waals surface area contributed by atoms with E-state index in [2.05, 4.69) is 49.2 Å². The first-order chi connectivity index (χ1) is 10.2. The normalized spacial score (nSPS) is 11.7. The minimum atomic E-state index is 0.584. The zero-order valence-corrected chi connectivity index (χ0v) is 15.0. The smallest absolute Gasteiger partial charge is 0.160 e. The van der Waals surface area contributed by atoms with Gasteiger partial charge in [-0.15, -0.1) is 11.6 Å². The van der Waals surface area contributed by atoms with Gasteiger partial charge >= 0.3 is 0 Å². The lowest BCUT2D eigenvalue weighted by Crippen LogP contribution is -2.25. The molecule has 2 aromatic rings. The van der Waals surface area contributed by atoms with Crippen LogP contribution in [0, 0.1) is 0 Å². The number of aryl methyl sites for hydroxylation is 2. The molecule has 4 nitrogen and oxygen atoms in total. The van der Waals surface area contributed by atoms with Crippen LogP contribution in [0.3, 0.4) is 0 Å². The molecule has 2 aromatic heterocycles. The van der Waals surface area contributed by atoms with Crippen molar-refractivity contribution < 1.29 is 0 Å². The Balaban J connectivity index is 2.18. The van der Waals surface area contributed by atoms with Crippen molar-refractivity contribution >= 4 is 38.7 Å². The van der Waals surface area contributed by atoms with Crippen LogP contribution < -0.4 is 0 Å². The number of pyridine rings is 1. The number of rotatable bonds is 8. The summed E-state index contributed by atoms with van der Waals surface area (Å²) in [6.07, 6.45) is 3.70. The highest BCUT2D eigenvalue weighted by atomic mass is 79.9. The number of fused-ring (bicyclic) bond motifs is 1. The van der Waals surface area contributed by atoms with Gasteiger partial charge in [0.2, 0.25) is 0 Å². The molecule has 0 bridgehead atoms. The molecule has 0 fully saturated rings. The molecule has 2 rings (SSSR count). The quantitative estimate of drug-likeness (QED) is 0.662. The largest absolute Gasteiger partial charge is 0.313 e. The molecule has 0 atom stereocenters. The second-order valence-electron chi connectivity index (χ2n) is 5.00. The topological polar surface area (TPSA) is 34.0 Å². The van der Waals surface area contributed by atoms with Crippen LogP contribution in [0.4, 0.5) is 0 Å². The Morgan fingerprint density at radius 1 is 1.33 bits per heavy atom. The van der Waals surface area contributed by atoms with E-state index in [0.717, 1.165) is 60.5 Å². The molecule has 0 radical (unpaired) electrons. The van der Waals surface area contributed by atoms with Crippen LogP contribution >= 0.6 is 27.5 Å². The van der Waals surface area contributed by atoms with Crippen LogP contribution in [0.2, 0.25) is 0 Å². The second-order valence-corrected chi connectivity index (χ2v) is 6.29. The fourth-order valence-electron chi connectivity index (χ4n) is 2.54. The summed E-state index contributed by atoms with van der Waals surface area (Å²) >= 11 is 9.36. The van der Waals surface area contributed by atoms with Crippen molar-refractivity contribution in [1.29, 1.82) is 0 Å². The summed E-state index contributed by atoms with van der Waals surface area (Å²) in [5.74, 6) is 1.62. The average molecular weight is 374 g/mol. The molecule has 0 N–H and O–H groups in total. The monoisotopic (exact) mass is 372 g/mol. The van der Waals surface area contributed by atoms with Gasteiger partial charge in [0.1, 0.15) is 11.3 Å². The molecule has 0 saturated heterocycles. The van der Waals surface area contributed by atoms with E-state index in [9.17, 15) is 0 Å². The molecule has 0 amide bonds. The fourth-order valence-corrected chi connectivity index (χ4v) is 3.02. The van der Waals surface area contributed by atoms with Gasteiger partial charge in [-0.2, -0.15) is 0 Å². The van der Waals surface area contributed by atoms with Crippen molar-refractivity contribution in [3.8, 4) is 0 Å². The summed E-state index contributed by atoms with van der Waals surface area (Å²) in [5.41, 5.74) is 1.89. The Morgan fingerprint density at radius 3 is 2.76 bits per heavy atom. The molecule has 2 heterocycles. The number of halogens is 2. The van der Waals surface area contributed by atoms with E-state index in [-0.39, 0.29) is 0 Å². The first-order valence-corrected chi connectivity index (χ1v) is 8.81. The van der Waals surface area contributed by atoms with E-state index in [1.807, 2.05) is 12.3 Å². The van der Waals surface area contributed by atoms with Crippen molar-refractivity contribution in [3.63, 3.8) is 0 Å². The van der Waals surface area contributed by atoms with Crippen LogP contribution in [0.15, 0.2) is 16.7 Å². The number of imidazole rings is 1. The molecule has 0 saturated carbocycles. The van der Waals surface area contributed by atoms with E-state index >= 15 is 0 Å². The van der Waals surface area contributed by atoms with Crippen LogP contribution in [0.5, 0.6) is 0 Å². The zero-order chi connectivity index (χ0) is 15.2. The van der Waals surface area contributed by atoms with Gasteiger partial charge in [-0.3, -0.25) is 0 Å². The predicted octanol–water partition coefficient (Wildman–Crippen LogP) is 3.71. The minimum Gasteiger partial charge on any atom is -0.313 e. The van der Waals surface area contributed by atoms with Gasteiger partial charge in [-0.1, -0.05) is 13.8 Å². The van der Waals surface area contributed by atoms with Crippen molar-refractivity contribution in [1.82, 2.24) is 19.4 Å². The summed E-state index contributed by atoms with van der Waals surface area (Å²) in [6.45, 7) is 8.64.